The lowest BCUT2D eigenvalue weighted by Crippen LogP contribution is -2.31. The zero-order valence-electron chi connectivity index (χ0n) is 11.3. The molecule has 0 spiro atoms. The normalized spacial score (nSPS) is 10.6. The maximum atomic E-state index is 11.8. The van der Waals surface area contributed by atoms with Crippen molar-refractivity contribution in [1.29, 1.82) is 0 Å². The van der Waals surface area contributed by atoms with Gasteiger partial charge >= 0.3 is 0 Å². The van der Waals surface area contributed by atoms with E-state index in [0.29, 0.717) is 19.7 Å². The molecule has 0 aliphatic rings. The molecule has 6 heteroatoms. The average Bonchev–Trinajstić information content (AvgIpc) is 2.81. The molecule has 1 aromatic heterocycles. The molecule has 0 radical (unpaired) electrons. The van der Waals surface area contributed by atoms with Gasteiger partial charge in [0.05, 0.1) is 13.2 Å². The minimum Gasteiger partial charge on any atom is -0.383 e. The Morgan fingerprint density at radius 2 is 2.39 bits per heavy atom. The molecule has 1 amide bonds. The summed E-state index contributed by atoms with van der Waals surface area (Å²) in [7, 11) is 3.47. The van der Waals surface area contributed by atoms with Gasteiger partial charge in [0.2, 0.25) is 5.91 Å². The minimum atomic E-state index is 0.0913. The smallest absolute Gasteiger partial charge is 0.242 e. The number of ether oxygens (including phenoxy) is 1. The van der Waals surface area contributed by atoms with Crippen molar-refractivity contribution < 1.29 is 9.53 Å². The minimum absolute atomic E-state index is 0.0913. The fourth-order valence-corrected chi connectivity index (χ4v) is 1.47. The van der Waals surface area contributed by atoms with Crippen LogP contribution in [0.2, 0.25) is 0 Å². The summed E-state index contributed by atoms with van der Waals surface area (Å²) in [5.41, 5.74) is 0. The maximum absolute atomic E-state index is 11.8. The third-order valence-corrected chi connectivity index (χ3v) is 2.77. The molecule has 1 aromatic rings. The first-order valence-electron chi connectivity index (χ1n) is 6.12. The van der Waals surface area contributed by atoms with Crippen molar-refractivity contribution in [3.8, 4) is 0 Å². The highest BCUT2D eigenvalue weighted by Crippen LogP contribution is 1.99. The number of likely N-dealkylation sites (N-methyl/N-ethyl adjacent to an activating group) is 1. The van der Waals surface area contributed by atoms with Crippen LogP contribution >= 0.6 is 0 Å². The highest BCUT2D eigenvalue weighted by atomic mass is 16.5. The van der Waals surface area contributed by atoms with E-state index < -0.39 is 0 Å². The van der Waals surface area contributed by atoms with E-state index in [4.69, 9.17) is 4.74 Å². The predicted octanol–water partition coefficient (Wildman–Crippen LogP) is 0.0974. The number of carbonyl (C=O) groups excluding carboxylic acids is 1. The van der Waals surface area contributed by atoms with Crippen molar-refractivity contribution in [2.24, 2.45) is 0 Å². The number of nitrogens with one attached hydrogen (secondary N) is 1. The Hall–Kier alpha value is -1.40. The van der Waals surface area contributed by atoms with Crippen LogP contribution in [0.5, 0.6) is 0 Å². The second kappa shape index (κ2) is 7.84. The van der Waals surface area contributed by atoms with Crippen molar-refractivity contribution in [3.05, 3.63) is 18.2 Å². The molecule has 0 atom stereocenters. The molecule has 1 heterocycles. The lowest BCUT2D eigenvalue weighted by molar-refractivity contribution is -0.130. The van der Waals surface area contributed by atoms with Crippen LogP contribution in [-0.4, -0.2) is 54.2 Å². The summed E-state index contributed by atoms with van der Waals surface area (Å²) < 4.78 is 6.82. The SMILES string of the molecule is CCN(C)C(=O)Cn1ccnc1CNCCOC. The molecule has 18 heavy (non-hydrogen) atoms. The lowest BCUT2D eigenvalue weighted by atomic mass is 10.4. The number of aromatic nitrogens is 2. The Bertz CT molecular complexity index is 365. The van der Waals surface area contributed by atoms with Crippen molar-refractivity contribution in [3.63, 3.8) is 0 Å². The second-order valence-electron chi connectivity index (χ2n) is 4.05. The highest BCUT2D eigenvalue weighted by Gasteiger charge is 2.10. The number of imidazole rings is 1. The van der Waals surface area contributed by atoms with E-state index in [-0.39, 0.29) is 5.91 Å². The summed E-state index contributed by atoms with van der Waals surface area (Å²) in [5, 5.41) is 3.21. The van der Waals surface area contributed by atoms with E-state index in [1.54, 1.807) is 25.3 Å². The van der Waals surface area contributed by atoms with Crippen LogP contribution in [0.25, 0.3) is 0 Å². The van der Waals surface area contributed by atoms with Crippen LogP contribution in [0.15, 0.2) is 12.4 Å². The molecule has 102 valence electrons. The number of nitrogens with zero attached hydrogens (tertiary/aromatic N) is 3. The number of carbonyl (C=O) groups is 1. The first-order valence-corrected chi connectivity index (χ1v) is 6.12. The van der Waals surface area contributed by atoms with Crippen molar-refractivity contribution >= 4 is 5.91 Å². The quantitative estimate of drug-likeness (QED) is 0.668. The van der Waals surface area contributed by atoms with Crippen molar-refractivity contribution in [1.82, 2.24) is 19.8 Å². The summed E-state index contributed by atoms with van der Waals surface area (Å²) in [6, 6.07) is 0. The lowest BCUT2D eigenvalue weighted by Gasteiger charge is -2.15. The fourth-order valence-electron chi connectivity index (χ4n) is 1.47. The highest BCUT2D eigenvalue weighted by molar-refractivity contribution is 5.75. The molecule has 0 aromatic carbocycles. The maximum Gasteiger partial charge on any atom is 0.242 e. The van der Waals surface area contributed by atoms with Gasteiger partial charge in [-0.3, -0.25) is 4.79 Å². The van der Waals surface area contributed by atoms with Crippen LogP contribution in [0.3, 0.4) is 0 Å². The summed E-state index contributed by atoms with van der Waals surface area (Å²) in [4.78, 5) is 17.7. The number of amides is 1. The molecule has 0 unspecified atom stereocenters. The molecule has 0 saturated carbocycles. The van der Waals surface area contributed by atoms with Crippen LogP contribution in [0.4, 0.5) is 0 Å². The van der Waals surface area contributed by atoms with E-state index in [1.165, 1.54) is 0 Å². The van der Waals surface area contributed by atoms with E-state index in [1.807, 2.05) is 17.7 Å². The average molecular weight is 254 g/mol. The largest absolute Gasteiger partial charge is 0.383 e. The molecular weight excluding hydrogens is 232 g/mol. The molecule has 0 bridgehead atoms. The second-order valence-corrected chi connectivity index (χ2v) is 4.05. The van der Waals surface area contributed by atoms with Gasteiger partial charge < -0.3 is 19.5 Å². The standard InChI is InChI=1S/C12H22N4O2/c1-4-15(2)12(17)10-16-7-5-14-11(16)9-13-6-8-18-3/h5,7,13H,4,6,8-10H2,1-3H3. The van der Waals surface area contributed by atoms with Gasteiger partial charge in [0, 0.05) is 39.6 Å². The summed E-state index contributed by atoms with van der Waals surface area (Å²) >= 11 is 0. The fraction of sp³-hybridized carbons (Fsp3) is 0.667. The molecule has 6 nitrogen and oxygen atoms in total. The van der Waals surface area contributed by atoms with E-state index in [2.05, 4.69) is 10.3 Å². The van der Waals surface area contributed by atoms with Crippen LogP contribution < -0.4 is 5.32 Å². The number of hydrogen-bond acceptors (Lipinski definition) is 4. The third-order valence-electron chi connectivity index (χ3n) is 2.77. The van der Waals surface area contributed by atoms with Gasteiger partial charge in [0.25, 0.3) is 0 Å². The summed E-state index contributed by atoms with van der Waals surface area (Å²) in [6.45, 7) is 5.09. The van der Waals surface area contributed by atoms with Gasteiger partial charge in [-0.1, -0.05) is 0 Å². The van der Waals surface area contributed by atoms with Gasteiger partial charge in [-0.15, -0.1) is 0 Å². The molecule has 1 rings (SSSR count). The van der Waals surface area contributed by atoms with Crippen molar-refractivity contribution in [2.75, 3.05) is 33.9 Å². The number of hydrogen-bond donors (Lipinski definition) is 1. The number of rotatable bonds is 8. The van der Waals surface area contributed by atoms with E-state index in [0.717, 1.165) is 18.9 Å². The third kappa shape index (κ3) is 4.46. The Kier molecular flexibility index (Phi) is 6.38. The van der Waals surface area contributed by atoms with Crippen LogP contribution in [0.1, 0.15) is 12.7 Å². The topological polar surface area (TPSA) is 59.4 Å². The van der Waals surface area contributed by atoms with Crippen LogP contribution in [0, 0.1) is 0 Å². The van der Waals surface area contributed by atoms with Gasteiger partial charge in [-0.2, -0.15) is 0 Å². The predicted molar refractivity (Wildman–Crippen MR) is 69.1 cm³/mol. The van der Waals surface area contributed by atoms with Crippen LogP contribution in [-0.2, 0) is 22.6 Å². The van der Waals surface area contributed by atoms with Gasteiger partial charge in [0.15, 0.2) is 0 Å². The zero-order chi connectivity index (χ0) is 13.4. The Balaban J connectivity index is 2.46. The first kappa shape index (κ1) is 14.7. The Morgan fingerprint density at radius 1 is 1.61 bits per heavy atom. The molecular formula is C12H22N4O2. The molecule has 0 fully saturated rings. The first-order chi connectivity index (χ1) is 8.69. The van der Waals surface area contributed by atoms with E-state index in [9.17, 15) is 4.79 Å². The van der Waals surface area contributed by atoms with Gasteiger partial charge in [-0.25, -0.2) is 4.98 Å². The van der Waals surface area contributed by atoms with Crippen molar-refractivity contribution in [2.45, 2.75) is 20.0 Å². The molecule has 0 aliphatic heterocycles. The Morgan fingerprint density at radius 3 is 3.06 bits per heavy atom. The van der Waals surface area contributed by atoms with Gasteiger partial charge in [-0.05, 0) is 6.92 Å². The molecule has 1 N–H and O–H groups in total. The van der Waals surface area contributed by atoms with Gasteiger partial charge in [0.1, 0.15) is 12.4 Å². The summed E-state index contributed by atoms with van der Waals surface area (Å²) in [6.07, 6.45) is 3.54. The monoisotopic (exact) mass is 254 g/mol. The molecule has 0 aliphatic carbocycles. The Labute approximate surface area is 108 Å². The molecule has 0 saturated heterocycles. The summed E-state index contributed by atoms with van der Waals surface area (Å²) in [5.74, 6) is 0.956. The van der Waals surface area contributed by atoms with E-state index >= 15 is 0 Å². The number of methoxy groups -OCH3 is 1. The zero-order valence-corrected chi connectivity index (χ0v) is 11.3.